The van der Waals surface area contributed by atoms with Crippen LogP contribution in [0, 0.1) is 0 Å². The predicted octanol–water partition coefficient (Wildman–Crippen LogP) is 3.62. The van der Waals surface area contributed by atoms with Gasteiger partial charge in [0.1, 0.15) is 24.6 Å². The molecule has 5 rings (SSSR count). The molecular weight excluding hydrogens is 540 g/mol. The van der Waals surface area contributed by atoms with E-state index in [1.165, 1.54) is 29.4 Å². The fourth-order valence-electron chi connectivity index (χ4n) is 5.12. The number of piperazine rings is 1. The van der Waals surface area contributed by atoms with E-state index in [1.807, 2.05) is 6.92 Å². The molecule has 1 amide bonds. The smallest absolute Gasteiger partial charge is 0.284 e. The van der Waals surface area contributed by atoms with Gasteiger partial charge in [0.05, 0.1) is 10.9 Å². The van der Waals surface area contributed by atoms with Crippen LogP contribution in [-0.2, 0) is 20.5 Å². The van der Waals surface area contributed by atoms with Gasteiger partial charge in [0.15, 0.2) is 0 Å². The van der Waals surface area contributed by atoms with Gasteiger partial charge in [0.2, 0.25) is 5.66 Å². The number of aliphatic hydroxyl groups excluding tert-OH is 1. The molecule has 202 valence electrons. The maximum Gasteiger partial charge on any atom is 0.284 e. The molecule has 0 radical (unpaired) electrons. The Balaban J connectivity index is 1.75. The number of sulfonamides is 1. The van der Waals surface area contributed by atoms with Crippen molar-refractivity contribution in [3.63, 3.8) is 0 Å². The number of nitrogens with zero attached hydrogens (tertiary/aromatic N) is 6. The van der Waals surface area contributed by atoms with Crippen molar-refractivity contribution in [2.45, 2.75) is 42.5 Å². The molecule has 0 saturated carbocycles. The molecular formula is C27H27ClN6O4S. The number of anilines is 1. The summed E-state index contributed by atoms with van der Waals surface area (Å²) in [5.74, 6) is -0.305. The van der Waals surface area contributed by atoms with Gasteiger partial charge < -0.3 is 10.0 Å². The van der Waals surface area contributed by atoms with Gasteiger partial charge >= 0.3 is 0 Å². The topological polar surface area (TPSA) is 122 Å². The molecule has 10 nitrogen and oxygen atoms in total. The molecule has 4 aromatic rings. The van der Waals surface area contributed by atoms with Gasteiger partial charge in [0.25, 0.3) is 15.9 Å². The zero-order valence-corrected chi connectivity index (χ0v) is 22.7. The Bertz CT molecular complexity index is 1520. The molecule has 0 aliphatic carbocycles. The molecule has 2 aromatic heterocycles. The Labute approximate surface area is 231 Å². The Hall–Kier alpha value is -3.80. The molecule has 0 spiro atoms. The second kappa shape index (κ2) is 10.8. The van der Waals surface area contributed by atoms with E-state index in [9.17, 15) is 18.3 Å². The maximum absolute atomic E-state index is 14.8. The summed E-state index contributed by atoms with van der Waals surface area (Å²) in [7, 11) is -4.41. The van der Waals surface area contributed by atoms with Gasteiger partial charge in [-0.2, -0.15) is 0 Å². The molecule has 3 atom stereocenters. The van der Waals surface area contributed by atoms with Crippen molar-refractivity contribution >= 4 is 33.3 Å². The zero-order chi connectivity index (χ0) is 27.6. The summed E-state index contributed by atoms with van der Waals surface area (Å²) in [4.78, 5) is 21.0. The van der Waals surface area contributed by atoms with Crippen molar-refractivity contribution in [3.05, 3.63) is 102 Å². The molecule has 0 bridgehead atoms. The number of benzene rings is 2. The summed E-state index contributed by atoms with van der Waals surface area (Å²) >= 11 is 6.07. The van der Waals surface area contributed by atoms with Crippen molar-refractivity contribution in [1.82, 2.24) is 24.1 Å². The molecule has 3 heterocycles. The lowest BCUT2D eigenvalue weighted by Gasteiger charge is -2.53. The summed E-state index contributed by atoms with van der Waals surface area (Å²) in [5.41, 5.74) is -1.15. The predicted molar refractivity (Wildman–Crippen MR) is 145 cm³/mol. The minimum absolute atomic E-state index is 0.0587. The van der Waals surface area contributed by atoms with E-state index in [0.29, 0.717) is 22.8 Å². The summed E-state index contributed by atoms with van der Waals surface area (Å²) in [6.07, 6.45) is 3.78. The molecule has 1 aliphatic heterocycles. The number of rotatable bonds is 8. The molecule has 1 aliphatic rings. The van der Waals surface area contributed by atoms with Crippen LogP contribution in [0.1, 0.15) is 31.4 Å². The first-order valence-corrected chi connectivity index (χ1v) is 14.2. The minimum Gasteiger partial charge on any atom is -0.386 e. The Morgan fingerprint density at radius 1 is 1.03 bits per heavy atom. The third kappa shape index (κ3) is 4.66. The number of amides is 1. The standard InChI is InChI=1S/C27H27ClN6O4S/c1-2-15-27(32-18-30-31-19-32)26(36)34(39(37,38)22-8-4-3-5-9-22)23(17-33(27)24-10-6-7-16-29-24)25(35)20-11-13-21(28)14-12-20/h3-14,16,18-19,23,25,35H,2,15,17H2,1H3. The van der Waals surface area contributed by atoms with Crippen LogP contribution in [0.3, 0.4) is 0 Å². The fourth-order valence-corrected chi connectivity index (χ4v) is 6.87. The van der Waals surface area contributed by atoms with E-state index >= 15 is 0 Å². The van der Waals surface area contributed by atoms with E-state index in [1.54, 1.807) is 71.8 Å². The van der Waals surface area contributed by atoms with Crippen LogP contribution < -0.4 is 4.90 Å². The molecule has 1 saturated heterocycles. The van der Waals surface area contributed by atoms with Gasteiger partial charge in [-0.25, -0.2) is 17.7 Å². The fraction of sp³-hybridized carbons (Fsp3) is 0.259. The molecule has 39 heavy (non-hydrogen) atoms. The van der Waals surface area contributed by atoms with Crippen LogP contribution in [0.5, 0.6) is 0 Å². The van der Waals surface area contributed by atoms with Gasteiger partial charge in [0, 0.05) is 17.8 Å². The normalized spacial score (nSPS) is 20.7. The summed E-state index contributed by atoms with van der Waals surface area (Å²) in [6.45, 7) is 1.84. The largest absolute Gasteiger partial charge is 0.386 e. The zero-order valence-electron chi connectivity index (χ0n) is 21.1. The van der Waals surface area contributed by atoms with Crippen LogP contribution in [0.2, 0.25) is 5.02 Å². The number of carbonyl (C=O) groups is 1. The third-order valence-corrected chi connectivity index (χ3v) is 8.98. The molecule has 2 aromatic carbocycles. The lowest BCUT2D eigenvalue weighted by molar-refractivity contribution is -0.143. The number of aromatic nitrogens is 4. The van der Waals surface area contributed by atoms with Crippen molar-refractivity contribution in [2.75, 3.05) is 11.4 Å². The average Bonchev–Trinajstić information content (AvgIpc) is 3.50. The Morgan fingerprint density at radius 2 is 1.69 bits per heavy atom. The van der Waals surface area contributed by atoms with Crippen molar-refractivity contribution < 1.29 is 18.3 Å². The molecule has 1 N–H and O–H groups in total. The Morgan fingerprint density at radius 3 is 2.31 bits per heavy atom. The first kappa shape index (κ1) is 26.8. The maximum atomic E-state index is 14.8. The molecule has 1 fully saturated rings. The highest BCUT2D eigenvalue weighted by atomic mass is 35.5. The molecule has 12 heteroatoms. The van der Waals surface area contributed by atoms with Gasteiger partial charge in [-0.1, -0.05) is 61.3 Å². The third-order valence-electron chi connectivity index (χ3n) is 6.91. The first-order valence-electron chi connectivity index (χ1n) is 12.4. The number of halogens is 1. The van der Waals surface area contributed by atoms with Crippen LogP contribution in [0.25, 0.3) is 0 Å². The first-order chi connectivity index (χ1) is 18.8. The second-order valence-electron chi connectivity index (χ2n) is 9.22. The van der Waals surface area contributed by atoms with Crippen molar-refractivity contribution in [2.24, 2.45) is 0 Å². The number of hydrogen-bond donors (Lipinski definition) is 1. The van der Waals surface area contributed by atoms with Crippen LogP contribution in [0.4, 0.5) is 5.82 Å². The highest BCUT2D eigenvalue weighted by molar-refractivity contribution is 7.89. The van der Waals surface area contributed by atoms with Crippen molar-refractivity contribution in [1.29, 1.82) is 0 Å². The van der Waals surface area contributed by atoms with Gasteiger partial charge in [-0.15, -0.1) is 10.2 Å². The highest BCUT2D eigenvalue weighted by Crippen LogP contribution is 2.42. The van der Waals surface area contributed by atoms with E-state index in [0.717, 1.165) is 4.31 Å². The average molecular weight is 567 g/mol. The highest BCUT2D eigenvalue weighted by Gasteiger charge is 2.58. The lowest BCUT2D eigenvalue weighted by Crippen LogP contribution is -2.71. The molecule has 3 unspecified atom stereocenters. The Kier molecular flexibility index (Phi) is 7.39. The monoisotopic (exact) mass is 566 g/mol. The number of pyridine rings is 1. The second-order valence-corrected chi connectivity index (χ2v) is 11.5. The summed E-state index contributed by atoms with van der Waals surface area (Å²) in [6, 6.07) is 18.3. The minimum atomic E-state index is -4.41. The van der Waals surface area contributed by atoms with E-state index in [4.69, 9.17) is 11.6 Å². The van der Waals surface area contributed by atoms with Crippen LogP contribution >= 0.6 is 11.6 Å². The van der Waals surface area contributed by atoms with Gasteiger partial charge in [-0.3, -0.25) is 9.36 Å². The van der Waals surface area contributed by atoms with Crippen molar-refractivity contribution in [3.8, 4) is 0 Å². The van der Waals surface area contributed by atoms with Crippen LogP contribution in [0.15, 0.2) is 96.5 Å². The SMILES string of the molecule is CCCC1(n2cnnc2)C(=O)N(S(=O)(=O)c2ccccc2)C(C(O)c2ccc(Cl)cc2)CN1c1ccccn1. The summed E-state index contributed by atoms with van der Waals surface area (Å²) in [5, 5.41) is 20.0. The van der Waals surface area contributed by atoms with Gasteiger partial charge in [-0.05, 0) is 48.4 Å². The summed E-state index contributed by atoms with van der Waals surface area (Å²) < 4.78 is 30.8. The lowest BCUT2D eigenvalue weighted by atomic mass is 9.91. The quantitative estimate of drug-likeness (QED) is 0.343. The van der Waals surface area contributed by atoms with E-state index in [2.05, 4.69) is 15.2 Å². The van der Waals surface area contributed by atoms with E-state index < -0.39 is 33.7 Å². The number of hydrogen-bond acceptors (Lipinski definition) is 8. The van der Waals surface area contributed by atoms with Crippen LogP contribution in [-0.4, -0.2) is 56.1 Å². The number of aliphatic hydroxyl groups is 1. The van der Waals surface area contributed by atoms with E-state index in [-0.39, 0.29) is 17.9 Å². The number of carbonyl (C=O) groups excluding carboxylic acids is 1.